The maximum Gasteiger partial charge on any atom is 0.134 e. The number of nitrogens with one attached hydrogen (secondary N) is 1. The summed E-state index contributed by atoms with van der Waals surface area (Å²) in [6.07, 6.45) is 7.12. The molecule has 4 bridgehead atoms. The zero-order valence-corrected chi connectivity index (χ0v) is 11.8. The molecule has 0 spiro atoms. The van der Waals surface area contributed by atoms with Gasteiger partial charge >= 0.3 is 0 Å². The van der Waals surface area contributed by atoms with Gasteiger partial charge in [0.25, 0.3) is 0 Å². The molecule has 4 aliphatic rings. The van der Waals surface area contributed by atoms with Crippen LogP contribution in [0.5, 0.6) is 5.75 Å². The molecule has 1 aromatic rings. The lowest BCUT2D eigenvalue weighted by atomic mass is 9.80. The highest BCUT2D eigenvalue weighted by atomic mass is 35.5. The monoisotopic (exact) mass is 277 g/mol. The number of aromatic hydroxyl groups is 1. The van der Waals surface area contributed by atoms with E-state index in [4.69, 9.17) is 11.6 Å². The topological polar surface area (TPSA) is 32.3 Å². The Kier molecular flexibility index (Phi) is 2.62. The SMILES string of the molecule is Oc1ccc(CNC23CC4CC(CC2C4)C3)cc1Cl. The Morgan fingerprint density at radius 1 is 1.21 bits per heavy atom. The lowest BCUT2D eigenvalue weighted by molar-refractivity contribution is 0.233. The van der Waals surface area contributed by atoms with Crippen LogP contribution in [0.2, 0.25) is 5.02 Å². The van der Waals surface area contributed by atoms with E-state index in [0.29, 0.717) is 10.6 Å². The Morgan fingerprint density at radius 2 is 1.95 bits per heavy atom. The van der Waals surface area contributed by atoms with Gasteiger partial charge in [-0.2, -0.15) is 0 Å². The van der Waals surface area contributed by atoms with Crippen LogP contribution < -0.4 is 5.32 Å². The maximum absolute atomic E-state index is 9.46. The standard InChI is InChI=1S/C16H20ClNO/c17-14-6-10(1-2-15(14)19)9-18-16-7-11-3-12(8-16)5-13(16)4-11/h1-2,6,11-13,18-19H,3-5,7-9H2. The van der Waals surface area contributed by atoms with E-state index >= 15 is 0 Å². The zero-order valence-electron chi connectivity index (χ0n) is 11.0. The number of hydrogen-bond acceptors (Lipinski definition) is 2. The number of hydrogen-bond donors (Lipinski definition) is 2. The fourth-order valence-corrected chi connectivity index (χ4v) is 5.23. The quantitative estimate of drug-likeness (QED) is 0.883. The molecule has 0 aliphatic heterocycles. The molecule has 2 nitrogen and oxygen atoms in total. The van der Waals surface area contributed by atoms with Gasteiger partial charge < -0.3 is 10.4 Å². The van der Waals surface area contributed by atoms with Crippen LogP contribution in [0.15, 0.2) is 18.2 Å². The highest BCUT2D eigenvalue weighted by molar-refractivity contribution is 6.32. The molecule has 4 aliphatic carbocycles. The fraction of sp³-hybridized carbons (Fsp3) is 0.625. The van der Waals surface area contributed by atoms with Gasteiger partial charge in [-0.25, -0.2) is 0 Å². The molecule has 0 radical (unpaired) electrons. The third-order valence-corrected chi connectivity index (χ3v) is 5.95. The number of halogens is 1. The highest BCUT2D eigenvalue weighted by Crippen LogP contribution is 2.60. The van der Waals surface area contributed by atoms with Crippen molar-refractivity contribution < 1.29 is 5.11 Å². The molecule has 0 saturated heterocycles. The van der Waals surface area contributed by atoms with Gasteiger partial charge in [0.15, 0.2) is 0 Å². The molecule has 2 atom stereocenters. The van der Waals surface area contributed by atoms with Crippen molar-refractivity contribution in [3.05, 3.63) is 28.8 Å². The van der Waals surface area contributed by atoms with Gasteiger partial charge in [-0.1, -0.05) is 17.7 Å². The van der Waals surface area contributed by atoms with Gasteiger partial charge in [0.1, 0.15) is 5.75 Å². The summed E-state index contributed by atoms with van der Waals surface area (Å²) >= 11 is 5.97. The molecule has 19 heavy (non-hydrogen) atoms. The molecule has 4 saturated carbocycles. The van der Waals surface area contributed by atoms with Crippen molar-refractivity contribution in [3.63, 3.8) is 0 Å². The lowest BCUT2D eigenvalue weighted by Gasteiger charge is -2.34. The second-order valence-corrected chi connectivity index (χ2v) is 7.25. The van der Waals surface area contributed by atoms with E-state index in [0.717, 1.165) is 24.3 Å². The molecule has 4 fully saturated rings. The normalized spacial score (nSPS) is 39.1. The first kappa shape index (κ1) is 12.0. The summed E-state index contributed by atoms with van der Waals surface area (Å²) in [4.78, 5) is 0. The van der Waals surface area contributed by atoms with Gasteiger partial charge in [-0.05, 0) is 67.6 Å². The van der Waals surface area contributed by atoms with Gasteiger partial charge in [0.05, 0.1) is 5.02 Å². The lowest BCUT2D eigenvalue weighted by Crippen LogP contribution is -2.45. The molecule has 102 valence electrons. The molecule has 0 aromatic heterocycles. The van der Waals surface area contributed by atoms with E-state index < -0.39 is 0 Å². The van der Waals surface area contributed by atoms with Crippen LogP contribution in [0, 0.1) is 17.8 Å². The van der Waals surface area contributed by atoms with Gasteiger partial charge in [-0.3, -0.25) is 0 Å². The minimum Gasteiger partial charge on any atom is -0.506 e. The molecule has 2 unspecified atom stereocenters. The minimum atomic E-state index is 0.171. The van der Waals surface area contributed by atoms with E-state index in [1.165, 1.54) is 37.7 Å². The van der Waals surface area contributed by atoms with Crippen molar-refractivity contribution >= 4 is 11.6 Å². The van der Waals surface area contributed by atoms with Crippen molar-refractivity contribution in [2.75, 3.05) is 0 Å². The Balaban J connectivity index is 1.49. The summed E-state index contributed by atoms with van der Waals surface area (Å²) in [5.41, 5.74) is 1.58. The molecule has 0 heterocycles. The average Bonchev–Trinajstić information content (AvgIpc) is 2.76. The summed E-state index contributed by atoms with van der Waals surface area (Å²) in [5.74, 6) is 3.04. The van der Waals surface area contributed by atoms with Crippen LogP contribution in [0.4, 0.5) is 0 Å². The highest BCUT2D eigenvalue weighted by Gasteiger charge is 2.57. The fourth-order valence-electron chi connectivity index (χ4n) is 5.02. The number of benzene rings is 1. The molecule has 3 heteroatoms. The molecule has 2 N–H and O–H groups in total. The van der Waals surface area contributed by atoms with Crippen LogP contribution in [-0.2, 0) is 6.54 Å². The largest absolute Gasteiger partial charge is 0.506 e. The van der Waals surface area contributed by atoms with Gasteiger partial charge in [0, 0.05) is 12.1 Å². The third kappa shape index (κ3) is 1.88. The smallest absolute Gasteiger partial charge is 0.134 e. The second kappa shape index (κ2) is 4.13. The molecular formula is C16H20ClNO. The van der Waals surface area contributed by atoms with E-state index in [-0.39, 0.29) is 5.75 Å². The predicted octanol–water partition coefficient (Wildman–Crippen LogP) is 3.71. The Bertz CT molecular complexity index is 501. The first-order valence-corrected chi connectivity index (χ1v) is 7.75. The Labute approximate surface area is 119 Å². The summed E-state index contributed by atoms with van der Waals surface area (Å²) in [7, 11) is 0. The van der Waals surface area contributed by atoms with Gasteiger partial charge in [-0.15, -0.1) is 0 Å². The predicted molar refractivity (Wildman–Crippen MR) is 76.2 cm³/mol. The summed E-state index contributed by atoms with van der Waals surface area (Å²) in [6, 6.07) is 5.53. The molecule has 5 rings (SSSR count). The van der Waals surface area contributed by atoms with Crippen molar-refractivity contribution in [1.29, 1.82) is 0 Å². The van der Waals surface area contributed by atoms with E-state index in [1.807, 2.05) is 12.1 Å². The van der Waals surface area contributed by atoms with Crippen LogP contribution >= 0.6 is 11.6 Å². The number of phenols is 1. The summed E-state index contributed by atoms with van der Waals surface area (Å²) in [5, 5.41) is 13.8. The average molecular weight is 278 g/mol. The summed E-state index contributed by atoms with van der Waals surface area (Å²) in [6.45, 7) is 0.871. The second-order valence-electron chi connectivity index (χ2n) is 6.84. The number of phenolic OH excluding ortho intramolecular Hbond substituents is 1. The van der Waals surface area contributed by atoms with Crippen LogP contribution in [0.1, 0.15) is 37.7 Å². The Hall–Kier alpha value is -0.730. The van der Waals surface area contributed by atoms with Crippen molar-refractivity contribution in [2.45, 2.75) is 44.2 Å². The molecular weight excluding hydrogens is 258 g/mol. The van der Waals surface area contributed by atoms with E-state index in [9.17, 15) is 5.11 Å². The Morgan fingerprint density at radius 3 is 2.63 bits per heavy atom. The van der Waals surface area contributed by atoms with Crippen LogP contribution in [0.3, 0.4) is 0 Å². The minimum absolute atomic E-state index is 0.171. The van der Waals surface area contributed by atoms with E-state index in [1.54, 1.807) is 6.07 Å². The van der Waals surface area contributed by atoms with Crippen LogP contribution in [-0.4, -0.2) is 10.6 Å². The first-order chi connectivity index (χ1) is 9.14. The summed E-state index contributed by atoms with van der Waals surface area (Å²) < 4.78 is 0. The first-order valence-electron chi connectivity index (χ1n) is 7.37. The molecule has 0 amide bonds. The third-order valence-electron chi connectivity index (χ3n) is 5.65. The van der Waals surface area contributed by atoms with Crippen molar-refractivity contribution in [2.24, 2.45) is 17.8 Å². The number of rotatable bonds is 3. The van der Waals surface area contributed by atoms with Crippen LogP contribution in [0.25, 0.3) is 0 Å². The van der Waals surface area contributed by atoms with Crippen molar-refractivity contribution in [1.82, 2.24) is 5.32 Å². The zero-order chi connectivity index (χ0) is 13.0. The molecule has 1 aromatic carbocycles. The van der Waals surface area contributed by atoms with Crippen molar-refractivity contribution in [3.8, 4) is 5.75 Å². The van der Waals surface area contributed by atoms with E-state index in [2.05, 4.69) is 5.32 Å². The maximum atomic E-state index is 9.46. The van der Waals surface area contributed by atoms with Gasteiger partial charge in [0.2, 0.25) is 0 Å².